The Morgan fingerprint density at radius 1 is 1.45 bits per heavy atom. The number of aliphatic imine (C=N–C) groups is 1. The van der Waals surface area contributed by atoms with Crippen LogP contribution in [0.1, 0.15) is 0 Å². The summed E-state index contributed by atoms with van der Waals surface area (Å²) in [5.41, 5.74) is 8.01. The normalized spacial score (nSPS) is 16.1. The Kier molecular flexibility index (Phi) is 5.01. The summed E-state index contributed by atoms with van der Waals surface area (Å²) in [5, 5.41) is 0. The third kappa shape index (κ3) is 3.51. The molecule has 0 bridgehead atoms. The Balaban J connectivity index is 2.22. The molecule has 5 nitrogen and oxygen atoms in total. The number of benzene rings is 1. The van der Waals surface area contributed by atoms with E-state index in [9.17, 15) is 0 Å². The Morgan fingerprint density at radius 3 is 2.85 bits per heavy atom. The molecule has 2 rings (SSSR count). The number of nitrogens with zero attached hydrogens (tertiary/aromatic N) is 3. The van der Waals surface area contributed by atoms with Gasteiger partial charge in [-0.15, -0.1) is 6.58 Å². The average molecular weight is 274 g/mol. The van der Waals surface area contributed by atoms with E-state index in [-0.39, 0.29) is 0 Å². The molecule has 1 aromatic rings. The van der Waals surface area contributed by atoms with Gasteiger partial charge in [-0.3, -0.25) is 0 Å². The molecule has 0 atom stereocenters. The fourth-order valence-electron chi connectivity index (χ4n) is 2.13. The molecule has 0 aliphatic carbocycles. The number of morpholine rings is 1. The van der Waals surface area contributed by atoms with Crippen LogP contribution >= 0.6 is 0 Å². The number of rotatable bonds is 4. The number of guanidine groups is 1. The highest BCUT2D eigenvalue weighted by molar-refractivity contribution is 5.83. The van der Waals surface area contributed by atoms with E-state index in [1.54, 1.807) is 6.08 Å². The van der Waals surface area contributed by atoms with E-state index >= 15 is 0 Å². The minimum atomic E-state index is 0.491. The maximum absolute atomic E-state index is 6.02. The lowest BCUT2D eigenvalue weighted by Crippen LogP contribution is -2.36. The summed E-state index contributed by atoms with van der Waals surface area (Å²) < 4.78 is 5.39. The fourth-order valence-corrected chi connectivity index (χ4v) is 2.13. The van der Waals surface area contributed by atoms with E-state index in [0.29, 0.717) is 12.5 Å². The Morgan fingerprint density at radius 2 is 2.15 bits per heavy atom. The molecule has 108 valence electrons. The average Bonchev–Trinajstić information content (AvgIpc) is 2.49. The van der Waals surface area contributed by atoms with Crippen LogP contribution in [-0.4, -0.2) is 50.8 Å². The molecule has 1 aromatic carbocycles. The lowest BCUT2D eigenvalue weighted by Gasteiger charge is -2.30. The number of likely N-dealkylation sites (N-methyl/N-ethyl adjacent to an activating group) is 1. The fraction of sp³-hybridized carbons (Fsp3) is 0.400. The van der Waals surface area contributed by atoms with Crippen LogP contribution in [0.15, 0.2) is 41.9 Å². The molecule has 5 heteroatoms. The zero-order valence-electron chi connectivity index (χ0n) is 12.0. The quantitative estimate of drug-likeness (QED) is 0.514. The standard InChI is InChI=1S/C15H22N4O/c1-3-8-18(2)15(16)17-13-6-4-5-7-14(13)19-9-11-20-12-10-19/h3-7H,1,8-12H2,2H3,(H2,16,17). The van der Waals surface area contributed by atoms with Crippen LogP contribution in [0.3, 0.4) is 0 Å². The molecular weight excluding hydrogens is 252 g/mol. The van der Waals surface area contributed by atoms with Crippen molar-refractivity contribution in [3.05, 3.63) is 36.9 Å². The third-order valence-corrected chi connectivity index (χ3v) is 3.26. The van der Waals surface area contributed by atoms with Crippen molar-refractivity contribution in [1.29, 1.82) is 0 Å². The number of para-hydroxylation sites is 2. The Hall–Kier alpha value is -2.01. The van der Waals surface area contributed by atoms with Crippen molar-refractivity contribution in [1.82, 2.24) is 4.90 Å². The molecule has 1 aliphatic rings. The summed E-state index contributed by atoms with van der Waals surface area (Å²) >= 11 is 0. The van der Waals surface area contributed by atoms with Crippen molar-refractivity contribution in [3.63, 3.8) is 0 Å². The van der Waals surface area contributed by atoms with Gasteiger partial charge >= 0.3 is 0 Å². The second kappa shape index (κ2) is 6.96. The van der Waals surface area contributed by atoms with E-state index in [0.717, 1.165) is 37.7 Å². The molecular formula is C15H22N4O. The molecule has 0 spiro atoms. The molecule has 0 aromatic heterocycles. The van der Waals surface area contributed by atoms with E-state index in [1.807, 2.05) is 30.1 Å². The van der Waals surface area contributed by atoms with Gasteiger partial charge < -0.3 is 20.3 Å². The van der Waals surface area contributed by atoms with Crippen molar-refractivity contribution >= 4 is 17.3 Å². The van der Waals surface area contributed by atoms with Gasteiger partial charge in [0.2, 0.25) is 0 Å². The van der Waals surface area contributed by atoms with Crippen LogP contribution < -0.4 is 10.6 Å². The van der Waals surface area contributed by atoms with Gasteiger partial charge in [0.25, 0.3) is 0 Å². The highest BCUT2D eigenvalue weighted by Gasteiger charge is 2.14. The number of anilines is 1. The second-order valence-corrected chi connectivity index (χ2v) is 4.73. The first-order valence-corrected chi connectivity index (χ1v) is 6.80. The minimum absolute atomic E-state index is 0.491. The van der Waals surface area contributed by atoms with Gasteiger partial charge in [-0.1, -0.05) is 18.2 Å². The van der Waals surface area contributed by atoms with Gasteiger partial charge in [0, 0.05) is 26.7 Å². The number of hydrogen-bond donors (Lipinski definition) is 1. The molecule has 0 radical (unpaired) electrons. The van der Waals surface area contributed by atoms with Crippen molar-refractivity contribution in [2.45, 2.75) is 0 Å². The van der Waals surface area contributed by atoms with Crippen molar-refractivity contribution in [2.24, 2.45) is 10.7 Å². The molecule has 1 heterocycles. The third-order valence-electron chi connectivity index (χ3n) is 3.26. The lowest BCUT2D eigenvalue weighted by molar-refractivity contribution is 0.123. The van der Waals surface area contributed by atoms with Gasteiger partial charge in [-0.05, 0) is 12.1 Å². The SMILES string of the molecule is C=CCN(C)C(N)=Nc1ccccc1N1CCOCC1. The van der Waals surface area contributed by atoms with Crippen LogP contribution in [0.5, 0.6) is 0 Å². The predicted molar refractivity (Wildman–Crippen MR) is 83.6 cm³/mol. The molecule has 20 heavy (non-hydrogen) atoms. The largest absolute Gasteiger partial charge is 0.378 e. The minimum Gasteiger partial charge on any atom is -0.378 e. The summed E-state index contributed by atoms with van der Waals surface area (Å²) in [7, 11) is 1.90. The van der Waals surface area contributed by atoms with E-state index in [4.69, 9.17) is 10.5 Å². The van der Waals surface area contributed by atoms with Crippen molar-refractivity contribution in [3.8, 4) is 0 Å². The highest BCUT2D eigenvalue weighted by Crippen LogP contribution is 2.28. The van der Waals surface area contributed by atoms with Crippen LogP contribution in [-0.2, 0) is 4.74 Å². The van der Waals surface area contributed by atoms with E-state index < -0.39 is 0 Å². The zero-order valence-corrected chi connectivity index (χ0v) is 12.0. The van der Waals surface area contributed by atoms with Gasteiger partial charge in [0.1, 0.15) is 0 Å². The highest BCUT2D eigenvalue weighted by atomic mass is 16.5. The number of hydrogen-bond acceptors (Lipinski definition) is 3. The Labute approximate surface area is 120 Å². The van der Waals surface area contributed by atoms with E-state index in [2.05, 4.69) is 22.5 Å². The molecule has 0 saturated carbocycles. The zero-order chi connectivity index (χ0) is 14.4. The first-order valence-electron chi connectivity index (χ1n) is 6.80. The number of ether oxygens (including phenoxy) is 1. The first-order chi connectivity index (χ1) is 9.72. The van der Waals surface area contributed by atoms with Crippen LogP contribution in [0.25, 0.3) is 0 Å². The molecule has 1 fully saturated rings. The maximum atomic E-state index is 6.02. The van der Waals surface area contributed by atoms with Gasteiger partial charge in [-0.25, -0.2) is 4.99 Å². The van der Waals surface area contributed by atoms with Crippen LogP contribution in [0.2, 0.25) is 0 Å². The predicted octanol–water partition coefficient (Wildman–Crippen LogP) is 1.59. The monoisotopic (exact) mass is 274 g/mol. The topological polar surface area (TPSA) is 54.1 Å². The van der Waals surface area contributed by atoms with E-state index in [1.165, 1.54) is 0 Å². The molecule has 1 saturated heterocycles. The summed E-state index contributed by atoms with van der Waals surface area (Å²) in [6.45, 7) is 7.66. The Bertz CT molecular complexity index is 481. The second-order valence-electron chi connectivity index (χ2n) is 4.73. The lowest BCUT2D eigenvalue weighted by atomic mass is 10.2. The van der Waals surface area contributed by atoms with Gasteiger partial charge in [-0.2, -0.15) is 0 Å². The van der Waals surface area contributed by atoms with Crippen LogP contribution in [0, 0.1) is 0 Å². The summed E-state index contributed by atoms with van der Waals surface area (Å²) in [5.74, 6) is 0.491. The van der Waals surface area contributed by atoms with Crippen molar-refractivity contribution < 1.29 is 4.74 Å². The maximum Gasteiger partial charge on any atom is 0.196 e. The smallest absolute Gasteiger partial charge is 0.196 e. The molecule has 0 unspecified atom stereocenters. The molecule has 1 aliphatic heterocycles. The van der Waals surface area contributed by atoms with Gasteiger partial charge in [0.15, 0.2) is 5.96 Å². The summed E-state index contributed by atoms with van der Waals surface area (Å²) in [4.78, 5) is 8.69. The summed E-state index contributed by atoms with van der Waals surface area (Å²) in [6.07, 6.45) is 1.80. The first kappa shape index (κ1) is 14.4. The van der Waals surface area contributed by atoms with Crippen LogP contribution in [0.4, 0.5) is 11.4 Å². The van der Waals surface area contributed by atoms with Crippen molar-refractivity contribution in [2.75, 3.05) is 44.8 Å². The molecule has 0 amide bonds. The summed E-state index contributed by atoms with van der Waals surface area (Å²) in [6, 6.07) is 8.06. The number of nitrogens with two attached hydrogens (primary N) is 1. The molecule has 2 N–H and O–H groups in total. The van der Waals surface area contributed by atoms with Gasteiger partial charge in [0.05, 0.1) is 24.6 Å².